The second kappa shape index (κ2) is 8.32. The van der Waals surface area contributed by atoms with Crippen molar-refractivity contribution >= 4 is 40.5 Å². The van der Waals surface area contributed by atoms with E-state index in [2.05, 4.69) is 10.6 Å². The SMILES string of the molecule is O=C(Nc1ccc(C(=O)Nc2ccc([N+](=O)[O-])cc2Cl)cc1)c1ccccc1. The van der Waals surface area contributed by atoms with Gasteiger partial charge in [0.1, 0.15) is 0 Å². The van der Waals surface area contributed by atoms with Crippen LogP contribution in [-0.4, -0.2) is 16.7 Å². The first-order valence-electron chi connectivity index (χ1n) is 8.16. The summed E-state index contributed by atoms with van der Waals surface area (Å²) in [5.74, 6) is -0.688. The van der Waals surface area contributed by atoms with Gasteiger partial charge in [-0.3, -0.25) is 19.7 Å². The van der Waals surface area contributed by atoms with Gasteiger partial charge in [-0.2, -0.15) is 0 Å². The average molecular weight is 396 g/mol. The Hall–Kier alpha value is -3.71. The molecule has 0 bridgehead atoms. The van der Waals surface area contributed by atoms with Gasteiger partial charge in [0, 0.05) is 28.9 Å². The summed E-state index contributed by atoms with van der Waals surface area (Å²) in [7, 11) is 0. The lowest BCUT2D eigenvalue weighted by atomic mass is 10.1. The first-order valence-corrected chi connectivity index (χ1v) is 8.53. The molecule has 0 aromatic heterocycles. The predicted octanol–water partition coefficient (Wildman–Crippen LogP) is 4.75. The molecule has 3 aromatic rings. The molecule has 28 heavy (non-hydrogen) atoms. The van der Waals surface area contributed by atoms with Gasteiger partial charge in [-0.05, 0) is 42.5 Å². The van der Waals surface area contributed by atoms with Crippen molar-refractivity contribution in [1.29, 1.82) is 0 Å². The van der Waals surface area contributed by atoms with Crippen molar-refractivity contribution < 1.29 is 14.5 Å². The molecule has 0 saturated carbocycles. The molecule has 0 spiro atoms. The molecule has 0 atom stereocenters. The summed E-state index contributed by atoms with van der Waals surface area (Å²) in [6, 6.07) is 18.9. The summed E-state index contributed by atoms with van der Waals surface area (Å²) in [4.78, 5) is 34.7. The van der Waals surface area contributed by atoms with Gasteiger partial charge in [-0.25, -0.2) is 0 Å². The van der Waals surface area contributed by atoms with E-state index in [-0.39, 0.29) is 22.3 Å². The Morgan fingerprint density at radius 3 is 2.04 bits per heavy atom. The van der Waals surface area contributed by atoms with Crippen LogP contribution in [0.2, 0.25) is 5.02 Å². The zero-order valence-electron chi connectivity index (χ0n) is 14.4. The third-order valence-corrected chi connectivity index (χ3v) is 4.17. The first-order chi connectivity index (χ1) is 13.4. The molecule has 0 aliphatic rings. The van der Waals surface area contributed by atoms with Crippen LogP contribution in [0.4, 0.5) is 17.1 Å². The summed E-state index contributed by atoms with van der Waals surface area (Å²) in [6.07, 6.45) is 0. The van der Waals surface area contributed by atoms with Gasteiger partial charge in [0.2, 0.25) is 0 Å². The Bertz CT molecular complexity index is 1040. The molecule has 140 valence electrons. The Balaban J connectivity index is 1.67. The van der Waals surface area contributed by atoms with E-state index in [1.54, 1.807) is 48.5 Å². The van der Waals surface area contributed by atoms with Gasteiger partial charge in [0.05, 0.1) is 15.6 Å². The van der Waals surface area contributed by atoms with Gasteiger partial charge < -0.3 is 10.6 Å². The molecule has 0 fully saturated rings. The van der Waals surface area contributed by atoms with Crippen LogP contribution in [0.1, 0.15) is 20.7 Å². The molecule has 3 aromatic carbocycles. The molecule has 0 aliphatic carbocycles. The van der Waals surface area contributed by atoms with Gasteiger partial charge in [0.25, 0.3) is 17.5 Å². The second-order valence-corrected chi connectivity index (χ2v) is 6.18. The smallest absolute Gasteiger partial charge is 0.271 e. The maximum atomic E-state index is 12.3. The molecule has 0 radical (unpaired) electrons. The lowest BCUT2D eigenvalue weighted by Crippen LogP contribution is -2.14. The quantitative estimate of drug-likeness (QED) is 0.480. The van der Waals surface area contributed by atoms with E-state index in [1.165, 1.54) is 18.2 Å². The molecule has 2 N–H and O–H groups in total. The lowest BCUT2D eigenvalue weighted by Gasteiger charge is -2.09. The monoisotopic (exact) mass is 395 g/mol. The number of anilines is 2. The molecular weight excluding hydrogens is 382 g/mol. The third kappa shape index (κ3) is 4.52. The van der Waals surface area contributed by atoms with Crippen LogP contribution in [0.15, 0.2) is 72.8 Å². The fourth-order valence-corrected chi connectivity index (χ4v) is 2.63. The maximum Gasteiger partial charge on any atom is 0.271 e. The van der Waals surface area contributed by atoms with Crippen molar-refractivity contribution in [3.05, 3.63) is 99.1 Å². The van der Waals surface area contributed by atoms with Crippen molar-refractivity contribution in [2.45, 2.75) is 0 Å². The summed E-state index contributed by atoms with van der Waals surface area (Å²) in [5.41, 5.74) is 1.50. The highest BCUT2D eigenvalue weighted by molar-refractivity contribution is 6.34. The van der Waals surface area contributed by atoms with Crippen molar-refractivity contribution in [1.82, 2.24) is 0 Å². The van der Waals surface area contributed by atoms with Crippen LogP contribution < -0.4 is 10.6 Å². The van der Waals surface area contributed by atoms with Crippen LogP contribution in [0.5, 0.6) is 0 Å². The minimum absolute atomic E-state index is 0.0642. The fraction of sp³-hybridized carbons (Fsp3) is 0. The van der Waals surface area contributed by atoms with E-state index in [0.29, 0.717) is 16.8 Å². The molecule has 8 heteroatoms. The van der Waals surface area contributed by atoms with Crippen LogP contribution in [-0.2, 0) is 0 Å². The summed E-state index contributed by atoms with van der Waals surface area (Å²) >= 11 is 5.98. The largest absolute Gasteiger partial charge is 0.322 e. The number of nitrogens with zero attached hydrogens (tertiary/aromatic N) is 1. The van der Waals surface area contributed by atoms with Crippen molar-refractivity contribution in [3.8, 4) is 0 Å². The van der Waals surface area contributed by atoms with Gasteiger partial charge in [0.15, 0.2) is 0 Å². The van der Waals surface area contributed by atoms with E-state index < -0.39 is 10.8 Å². The molecule has 0 saturated heterocycles. The number of nitro benzene ring substituents is 1. The molecule has 7 nitrogen and oxygen atoms in total. The normalized spacial score (nSPS) is 10.2. The number of benzene rings is 3. The number of hydrogen-bond acceptors (Lipinski definition) is 4. The summed E-state index contributed by atoms with van der Waals surface area (Å²) < 4.78 is 0. The zero-order valence-corrected chi connectivity index (χ0v) is 15.1. The summed E-state index contributed by atoms with van der Waals surface area (Å²) in [5, 5.41) is 16.1. The first kappa shape index (κ1) is 19.1. The third-order valence-electron chi connectivity index (χ3n) is 3.85. The maximum absolute atomic E-state index is 12.3. The molecular formula is C20H14ClN3O4. The van der Waals surface area contributed by atoms with E-state index in [9.17, 15) is 19.7 Å². The summed E-state index contributed by atoms with van der Waals surface area (Å²) in [6.45, 7) is 0. The Morgan fingerprint density at radius 1 is 0.821 bits per heavy atom. The molecule has 2 amide bonds. The highest BCUT2D eigenvalue weighted by atomic mass is 35.5. The minimum Gasteiger partial charge on any atom is -0.322 e. The van der Waals surface area contributed by atoms with E-state index in [4.69, 9.17) is 11.6 Å². The Labute approximate surface area is 165 Å². The van der Waals surface area contributed by atoms with E-state index >= 15 is 0 Å². The van der Waals surface area contributed by atoms with Gasteiger partial charge in [-0.15, -0.1) is 0 Å². The van der Waals surface area contributed by atoms with Gasteiger partial charge in [-0.1, -0.05) is 29.8 Å². The predicted molar refractivity (Wildman–Crippen MR) is 107 cm³/mol. The number of nitrogens with one attached hydrogen (secondary N) is 2. The minimum atomic E-state index is -0.570. The van der Waals surface area contributed by atoms with E-state index in [1.807, 2.05) is 6.07 Å². The number of non-ortho nitro benzene ring substituents is 1. The van der Waals surface area contributed by atoms with Crippen LogP contribution in [0, 0.1) is 10.1 Å². The average Bonchev–Trinajstić information content (AvgIpc) is 2.70. The highest BCUT2D eigenvalue weighted by Crippen LogP contribution is 2.27. The molecule has 0 unspecified atom stereocenters. The lowest BCUT2D eigenvalue weighted by molar-refractivity contribution is -0.384. The van der Waals surface area contributed by atoms with Crippen LogP contribution >= 0.6 is 11.6 Å². The van der Waals surface area contributed by atoms with Crippen molar-refractivity contribution in [2.75, 3.05) is 10.6 Å². The van der Waals surface area contributed by atoms with Crippen LogP contribution in [0.3, 0.4) is 0 Å². The number of rotatable bonds is 5. The Kier molecular flexibility index (Phi) is 5.67. The topological polar surface area (TPSA) is 101 Å². The van der Waals surface area contributed by atoms with Crippen LogP contribution in [0.25, 0.3) is 0 Å². The molecule has 0 aliphatic heterocycles. The molecule has 0 heterocycles. The number of carbonyl (C=O) groups excluding carboxylic acids is 2. The number of halogens is 1. The molecule has 3 rings (SSSR count). The fourth-order valence-electron chi connectivity index (χ4n) is 2.41. The number of nitro groups is 1. The number of carbonyl (C=O) groups is 2. The Morgan fingerprint density at radius 2 is 1.43 bits per heavy atom. The number of hydrogen-bond donors (Lipinski definition) is 2. The van der Waals surface area contributed by atoms with E-state index in [0.717, 1.165) is 0 Å². The highest BCUT2D eigenvalue weighted by Gasteiger charge is 2.13. The zero-order chi connectivity index (χ0) is 20.1. The van der Waals surface area contributed by atoms with Crippen molar-refractivity contribution in [3.63, 3.8) is 0 Å². The standard InChI is InChI=1S/C20H14ClN3O4/c21-17-12-16(24(27)28)10-11-18(17)23-20(26)14-6-8-15(9-7-14)22-19(25)13-4-2-1-3-5-13/h1-12H,(H,22,25)(H,23,26). The van der Waals surface area contributed by atoms with Crippen molar-refractivity contribution in [2.24, 2.45) is 0 Å². The second-order valence-electron chi connectivity index (χ2n) is 5.77. The number of amides is 2. The van der Waals surface area contributed by atoms with Gasteiger partial charge >= 0.3 is 0 Å².